The first-order chi connectivity index (χ1) is 5.18. The van der Waals surface area contributed by atoms with Gasteiger partial charge in [0, 0.05) is 20.5 Å². The van der Waals surface area contributed by atoms with Gasteiger partial charge in [0.2, 0.25) is 0 Å². The van der Waals surface area contributed by atoms with E-state index in [1.165, 1.54) is 4.90 Å². The normalized spacial score (nSPS) is 8.27. The van der Waals surface area contributed by atoms with Crippen LogP contribution in [0.3, 0.4) is 0 Å². The van der Waals surface area contributed by atoms with Crippen LogP contribution in [0, 0.1) is 11.8 Å². The summed E-state index contributed by atoms with van der Waals surface area (Å²) < 4.78 is 0. The second-order valence-electron chi connectivity index (χ2n) is 2.60. The first-order valence-electron chi connectivity index (χ1n) is 3.88. The van der Waals surface area contributed by atoms with E-state index in [1.807, 2.05) is 0 Å². The number of hydrogen-bond acceptors (Lipinski definition) is 1. The Morgan fingerprint density at radius 3 is 2.55 bits per heavy atom. The molecule has 0 aromatic rings. The molecule has 0 bridgehead atoms. The first-order valence-corrected chi connectivity index (χ1v) is 3.88. The zero-order valence-electron chi connectivity index (χ0n) is 7.48. The Labute approximate surface area is 68.6 Å². The molecule has 0 saturated carbocycles. The van der Waals surface area contributed by atoms with E-state index in [4.69, 9.17) is 0 Å². The molecule has 0 atom stereocenters. The quantitative estimate of drug-likeness (QED) is 0.432. The Morgan fingerprint density at radius 1 is 1.45 bits per heavy atom. The Kier molecular flexibility index (Phi) is 5.28. The van der Waals surface area contributed by atoms with Crippen LogP contribution in [0.5, 0.6) is 0 Å². The molecule has 11 heavy (non-hydrogen) atoms. The lowest BCUT2D eigenvalue weighted by atomic mass is 10.2. The van der Waals surface area contributed by atoms with Crippen LogP contribution in [-0.2, 0) is 4.79 Å². The van der Waals surface area contributed by atoms with Crippen LogP contribution in [0.15, 0.2) is 0 Å². The lowest BCUT2D eigenvalue weighted by molar-refractivity contribution is -0.122. The first kappa shape index (κ1) is 10.0. The molecule has 0 aromatic carbocycles. The molecule has 0 fully saturated rings. The smallest absolute Gasteiger partial charge is 0.297 e. The summed E-state index contributed by atoms with van der Waals surface area (Å²) in [6, 6.07) is 0. The summed E-state index contributed by atoms with van der Waals surface area (Å²) >= 11 is 0. The molecule has 0 aliphatic rings. The molecule has 0 radical (unpaired) electrons. The molecule has 2 nitrogen and oxygen atoms in total. The fourth-order valence-electron chi connectivity index (χ4n) is 0.515. The van der Waals surface area contributed by atoms with Crippen molar-refractivity contribution in [3.63, 3.8) is 0 Å². The Hall–Kier alpha value is -0.970. The maximum atomic E-state index is 10.9. The summed E-state index contributed by atoms with van der Waals surface area (Å²) in [5.41, 5.74) is 0. The van der Waals surface area contributed by atoms with E-state index in [2.05, 4.69) is 18.8 Å². The number of unbranched alkanes of at least 4 members (excludes halogenated alkanes) is 2. The van der Waals surface area contributed by atoms with Gasteiger partial charge < -0.3 is 4.90 Å². The molecule has 0 aliphatic carbocycles. The van der Waals surface area contributed by atoms with Gasteiger partial charge in [-0.1, -0.05) is 19.3 Å². The number of rotatable bonds is 2. The van der Waals surface area contributed by atoms with E-state index in [9.17, 15) is 4.79 Å². The highest BCUT2D eigenvalue weighted by Crippen LogP contribution is 1.90. The second-order valence-corrected chi connectivity index (χ2v) is 2.60. The highest BCUT2D eigenvalue weighted by Gasteiger charge is 1.94. The van der Waals surface area contributed by atoms with E-state index < -0.39 is 0 Å². The number of carbonyl (C=O) groups excluding carboxylic acids is 1. The summed E-state index contributed by atoms with van der Waals surface area (Å²) in [4.78, 5) is 12.3. The Balaban J connectivity index is 3.60. The van der Waals surface area contributed by atoms with Crippen molar-refractivity contribution in [3.8, 4) is 11.8 Å². The number of nitrogens with zero attached hydrogens (tertiary/aromatic N) is 1. The van der Waals surface area contributed by atoms with Gasteiger partial charge in [-0.05, 0) is 12.3 Å². The molecule has 62 valence electrons. The summed E-state index contributed by atoms with van der Waals surface area (Å²) in [5, 5.41) is 0. The molecule has 0 N–H and O–H groups in total. The highest BCUT2D eigenvalue weighted by atomic mass is 16.2. The third-order valence-corrected chi connectivity index (χ3v) is 1.26. The maximum absolute atomic E-state index is 10.9. The van der Waals surface area contributed by atoms with Gasteiger partial charge in [0.05, 0.1) is 0 Å². The minimum atomic E-state index is -0.110. The van der Waals surface area contributed by atoms with E-state index in [0.717, 1.165) is 19.3 Å². The van der Waals surface area contributed by atoms with Crippen molar-refractivity contribution >= 4 is 5.91 Å². The van der Waals surface area contributed by atoms with E-state index in [1.54, 1.807) is 14.1 Å². The average Bonchev–Trinajstić information content (AvgIpc) is 1.97. The second kappa shape index (κ2) is 5.79. The summed E-state index contributed by atoms with van der Waals surface area (Å²) in [6.45, 7) is 2.11. The molecular formula is C9H15NO. The van der Waals surface area contributed by atoms with Crippen molar-refractivity contribution in [2.75, 3.05) is 14.1 Å². The third kappa shape index (κ3) is 5.47. The van der Waals surface area contributed by atoms with Gasteiger partial charge in [-0.3, -0.25) is 4.79 Å². The molecule has 2 heteroatoms. The van der Waals surface area contributed by atoms with Crippen LogP contribution in [0.1, 0.15) is 26.2 Å². The molecule has 1 amide bonds. The molecule has 0 heterocycles. The van der Waals surface area contributed by atoms with Crippen LogP contribution in [-0.4, -0.2) is 24.9 Å². The van der Waals surface area contributed by atoms with Crippen molar-refractivity contribution in [3.05, 3.63) is 0 Å². The number of amides is 1. The average molecular weight is 153 g/mol. The molecule has 0 aromatic heterocycles. The Bertz CT molecular complexity index is 174. The van der Waals surface area contributed by atoms with Gasteiger partial charge in [-0.15, -0.1) is 0 Å². The van der Waals surface area contributed by atoms with Crippen molar-refractivity contribution in [1.29, 1.82) is 0 Å². The minimum absolute atomic E-state index is 0.110. The van der Waals surface area contributed by atoms with Gasteiger partial charge in [0.1, 0.15) is 0 Å². The molecule has 0 rings (SSSR count). The van der Waals surface area contributed by atoms with Gasteiger partial charge in [-0.2, -0.15) is 0 Å². The predicted octanol–water partition coefficient (Wildman–Crippen LogP) is 1.27. The monoisotopic (exact) mass is 153 g/mol. The fourth-order valence-corrected chi connectivity index (χ4v) is 0.515. The molecule has 0 aliphatic heterocycles. The van der Waals surface area contributed by atoms with Gasteiger partial charge in [-0.25, -0.2) is 0 Å². The molecule has 0 spiro atoms. The van der Waals surface area contributed by atoms with Crippen LogP contribution in [0.2, 0.25) is 0 Å². The SMILES string of the molecule is CCCCC#CC(=O)N(C)C. The molecular weight excluding hydrogens is 138 g/mol. The highest BCUT2D eigenvalue weighted by molar-refractivity contribution is 5.93. The lowest BCUT2D eigenvalue weighted by Crippen LogP contribution is -2.19. The summed E-state index contributed by atoms with van der Waals surface area (Å²) in [5.74, 6) is 5.27. The van der Waals surface area contributed by atoms with Crippen molar-refractivity contribution in [2.45, 2.75) is 26.2 Å². The van der Waals surface area contributed by atoms with Crippen molar-refractivity contribution in [1.82, 2.24) is 4.90 Å². The van der Waals surface area contributed by atoms with Crippen LogP contribution >= 0.6 is 0 Å². The number of hydrogen-bond donors (Lipinski definition) is 0. The lowest BCUT2D eigenvalue weighted by Gasteiger charge is -2.02. The molecule has 0 unspecified atom stereocenters. The third-order valence-electron chi connectivity index (χ3n) is 1.26. The topological polar surface area (TPSA) is 20.3 Å². The fraction of sp³-hybridized carbons (Fsp3) is 0.667. The van der Waals surface area contributed by atoms with Crippen LogP contribution in [0.25, 0.3) is 0 Å². The Morgan fingerprint density at radius 2 is 2.09 bits per heavy atom. The van der Waals surface area contributed by atoms with Crippen molar-refractivity contribution < 1.29 is 4.79 Å². The minimum Gasteiger partial charge on any atom is -0.338 e. The van der Waals surface area contributed by atoms with Gasteiger partial charge >= 0.3 is 0 Å². The number of carbonyl (C=O) groups is 1. The summed E-state index contributed by atoms with van der Waals surface area (Å²) in [7, 11) is 3.41. The zero-order valence-corrected chi connectivity index (χ0v) is 7.48. The van der Waals surface area contributed by atoms with Crippen LogP contribution < -0.4 is 0 Å². The van der Waals surface area contributed by atoms with E-state index in [-0.39, 0.29) is 5.91 Å². The van der Waals surface area contributed by atoms with Crippen molar-refractivity contribution in [2.24, 2.45) is 0 Å². The molecule has 0 saturated heterocycles. The zero-order chi connectivity index (χ0) is 8.69. The maximum Gasteiger partial charge on any atom is 0.297 e. The van der Waals surface area contributed by atoms with Crippen LogP contribution in [0.4, 0.5) is 0 Å². The van der Waals surface area contributed by atoms with E-state index >= 15 is 0 Å². The van der Waals surface area contributed by atoms with Gasteiger partial charge in [0.15, 0.2) is 0 Å². The summed E-state index contributed by atoms with van der Waals surface area (Å²) in [6.07, 6.45) is 3.04. The largest absolute Gasteiger partial charge is 0.338 e. The predicted molar refractivity (Wildman–Crippen MR) is 46.0 cm³/mol. The van der Waals surface area contributed by atoms with Gasteiger partial charge in [0.25, 0.3) is 5.91 Å². The van der Waals surface area contributed by atoms with E-state index in [0.29, 0.717) is 0 Å². The standard InChI is InChI=1S/C9H15NO/c1-4-5-6-7-8-9(11)10(2)3/h4-6H2,1-3H3.